The van der Waals surface area contributed by atoms with Gasteiger partial charge in [0.15, 0.2) is 0 Å². The van der Waals surface area contributed by atoms with Crippen LogP contribution in [0.2, 0.25) is 0 Å². The van der Waals surface area contributed by atoms with Gasteiger partial charge >= 0.3 is 0 Å². The summed E-state index contributed by atoms with van der Waals surface area (Å²) in [6, 6.07) is 30.3. The van der Waals surface area contributed by atoms with Crippen molar-refractivity contribution >= 4 is 31.5 Å². The molecule has 3 nitrogen and oxygen atoms in total. The summed E-state index contributed by atoms with van der Waals surface area (Å²) in [5, 5.41) is 2.55. The zero-order chi connectivity index (χ0) is 24.4. The summed E-state index contributed by atoms with van der Waals surface area (Å²) in [5.41, 5.74) is 6.62. The summed E-state index contributed by atoms with van der Waals surface area (Å²) >= 11 is 1.84. The Balaban J connectivity index is 1.48. The van der Waals surface area contributed by atoms with E-state index in [0.29, 0.717) is 0 Å². The molecule has 0 N–H and O–H groups in total. The fourth-order valence-electron chi connectivity index (χ4n) is 5.68. The molecule has 174 valence electrons. The number of rotatable bonds is 2. The van der Waals surface area contributed by atoms with Gasteiger partial charge in [-0.3, -0.25) is 0 Å². The van der Waals surface area contributed by atoms with Gasteiger partial charge in [0.2, 0.25) is 0 Å². The highest BCUT2D eigenvalue weighted by atomic mass is 32.1. The third-order valence-electron chi connectivity index (χ3n) is 7.54. The lowest BCUT2D eigenvalue weighted by Crippen LogP contribution is -2.29. The summed E-state index contributed by atoms with van der Waals surface area (Å²) < 4.78 is 8.87. The maximum atomic E-state index is 6.31. The number of ether oxygens (including phenoxy) is 1. The average molecular weight is 485 g/mol. The maximum absolute atomic E-state index is 6.31. The first-order valence-electron chi connectivity index (χ1n) is 12.2. The largest absolute Gasteiger partial charge is 0.457 e. The van der Waals surface area contributed by atoms with Gasteiger partial charge in [-0.05, 0) is 50.6 Å². The van der Waals surface area contributed by atoms with Crippen LogP contribution in [0.25, 0.3) is 31.3 Å². The number of nitrogens with zero attached hydrogens (tertiary/aromatic N) is 2. The minimum atomic E-state index is -0.327. The van der Waals surface area contributed by atoms with Crippen LogP contribution in [0.4, 0.5) is 0 Å². The number of aryl methyl sites for hydroxylation is 2. The Morgan fingerprint density at radius 2 is 1.47 bits per heavy atom. The van der Waals surface area contributed by atoms with E-state index < -0.39 is 0 Å². The van der Waals surface area contributed by atoms with Crippen LogP contribution in [0.15, 0.2) is 91.1 Å². The molecular formula is C32H24N2OS. The van der Waals surface area contributed by atoms with Crippen LogP contribution in [0, 0.1) is 13.8 Å². The van der Waals surface area contributed by atoms with Crippen molar-refractivity contribution in [1.82, 2.24) is 9.97 Å². The first kappa shape index (κ1) is 21.3. The minimum absolute atomic E-state index is 0.327. The third kappa shape index (κ3) is 2.98. The van der Waals surface area contributed by atoms with Crippen LogP contribution < -0.4 is 4.74 Å². The first-order valence-corrected chi connectivity index (χ1v) is 13.0. The quantitative estimate of drug-likeness (QED) is 0.247. The second-order valence-corrected chi connectivity index (χ2v) is 10.7. The molecule has 0 bridgehead atoms. The second-order valence-electron chi connectivity index (χ2n) is 9.63. The molecule has 7 rings (SSSR count). The molecule has 0 saturated carbocycles. The number of thiophene rings is 1. The molecule has 4 heteroatoms. The second kappa shape index (κ2) is 7.74. The number of benzene rings is 4. The highest BCUT2D eigenvalue weighted by Crippen LogP contribution is 2.52. The summed E-state index contributed by atoms with van der Waals surface area (Å²) in [7, 11) is 0. The van der Waals surface area contributed by atoms with Crippen LogP contribution in [0.5, 0.6) is 11.5 Å². The van der Waals surface area contributed by atoms with Crippen molar-refractivity contribution < 1.29 is 4.74 Å². The molecule has 0 spiro atoms. The van der Waals surface area contributed by atoms with E-state index in [1.54, 1.807) is 0 Å². The number of para-hydroxylation sites is 2. The number of hydrogen-bond acceptors (Lipinski definition) is 4. The van der Waals surface area contributed by atoms with Crippen LogP contribution in [-0.2, 0) is 5.41 Å². The van der Waals surface area contributed by atoms with E-state index in [2.05, 4.69) is 96.6 Å². The molecule has 6 aromatic rings. The lowest BCUT2D eigenvalue weighted by Gasteiger charge is -2.38. The molecule has 0 unspecified atom stereocenters. The normalized spacial score (nSPS) is 13.9. The zero-order valence-electron chi connectivity index (χ0n) is 20.4. The van der Waals surface area contributed by atoms with Crippen LogP contribution in [0.3, 0.4) is 0 Å². The van der Waals surface area contributed by atoms with Crippen molar-refractivity contribution in [2.45, 2.75) is 26.2 Å². The van der Waals surface area contributed by atoms with E-state index in [0.717, 1.165) is 28.6 Å². The highest BCUT2D eigenvalue weighted by molar-refractivity contribution is 7.26. The lowest BCUT2D eigenvalue weighted by atomic mass is 9.69. The standard InChI is InChI=1S/C32H24N2OS/c1-19-25(18-33-20(2)34-19)23-10-8-9-22-24-17-21(15-16-30(24)36-31(22)23)32(3)26-11-4-6-13-28(26)35-29-14-7-5-12-27(29)32/h4-18H,1-3H3. The van der Waals surface area contributed by atoms with E-state index in [4.69, 9.17) is 4.74 Å². The predicted molar refractivity (Wildman–Crippen MR) is 148 cm³/mol. The van der Waals surface area contributed by atoms with Crippen molar-refractivity contribution in [2.75, 3.05) is 0 Å². The number of hydrogen-bond donors (Lipinski definition) is 0. The summed E-state index contributed by atoms with van der Waals surface area (Å²) in [6.07, 6.45) is 1.96. The van der Waals surface area contributed by atoms with Crippen molar-refractivity contribution in [3.63, 3.8) is 0 Å². The molecule has 0 saturated heterocycles. The average Bonchev–Trinajstić information content (AvgIpc) is 3.27. The fourth-order valence-corrected chi connectivity index (χ4v) is 6.89. The number of fused-ring (bicyclic) bond motifs is 5. The van der Waals surface area contributed by atoms with Gasteiger partial charge in [-0.25, -0.2) is 9.97 Å². The highest BCUT2D eigenvalue weighted by Gasteiger charge is 2.39. The molecule has 0 fully saturated rings. The molecule has 0 aliphatic carbocycles. The molecule has 36 heavy (non-hydrogen) atoms. The molecular weight excluding hydrogens is 460 g/mol. The van der Waals surface area contributed by atoms with Gasteiger partial charge in [-0.15, -0.1) is 11.3 Å². The topological polar surface area (TPSA) is 35.0 Å². The monoisotopic (exact) mass is 484 g/mol. The van der Waals surface area contributed by atoms with Gasteiger partial charge in [0.1, 0.15) is 17.3 Å². The predicted octanol–water partition coefficient (Wildman–Crippen LogP) is 8.59. The summed E-state index contributed by atoms with van der Waals surface area (Å²) in [6.45, 7) is 6.32. The molecule has 1 aliphatic heterocycles. The molecule has 2 aromatic heterocycles. The van der Waals surface area contributed by atoms with Crippen LogP contribution in [-0.4, -0.2) is 9.97 Å². The Kier molecular flexibility index (Phi) is 4.57. The molecule has 0 atom stereocenters. The molecule has 0 amide bonds. The van der Waals surface area contributed by atoms with E-state index in [-0.39, 0.29) is 5.41 Å². The number of aromatic nitrogens is 2. The van der Waals surface area contributed by atoms with Gasteiger partial charge in [0.25, 0.3) is 0 Å². The smallest absolute Gasteiger partial charge is 0.131 e. The molecule has 0 radical (unpaired) electrons. The Bertz CT molecular complexity index is 1770. The van der Waals surface area contributed by atoms with Gasteiger partial charge in [-0.2, -0.15) is 0 Å². The Morgan fingerprint density at radius 3 is 2.19 bits per heavy atom. The van der Waals surface area contributed by atoms with Gasteiger partial charge < -0.3 is 4.74 Å². The van der Waals surface area contributed by atoms with Crippen molar-refractivity contribution in [2.24, 2.45) is 0 Å². The van der Waals surface area contributed by atoms with E-state index in [1.807, 2.05) is 36.6 Å². The Labute approximate surface area is 214 Å². The van der Waals surface area contributed by atoms with Crippen molar-refractivity contribution in [3.8, 4) is 22.6 Å². The fraction of sp³-hybridized carbons (Fsp3) is 0.125. The van der Waals surface area contributed by atoms with Gasteiger partial charge in [0, 0.05) is 59.7 Å². The third-order valence-corrected chi connectivity index (χ3v) is 8.76. The maximum Gasteiger partial charge on any atom is 0.131 e. The van der Waals surface area contributed by atoms with Crippen molar-refractivity contribution in [1.29, 1.82) is 0 Å². The summed E-state index contributed by atoms with van der Waals surface area (Å²) in [4.78, 5) is 9.11. The van der Waals surface area contributed by atoms with Gasteiger partial charge in [0.05, 0.1) is 0 Å². The van der Waals surface area contributed by atoms with E-state index in [9.17, 15) is 0 Å². The lowest BCUT2D eigenvalue weighted by molar-refractivity contribution is 0.427. The van der Waals surface area contributed by atoms with E-state index in [1.165, 1.54) is 42.4 Å². The zero-order valence-corrected chi connectivity index (χ0v) is 21.2. The van der Waals surface area contributed by atoms with Crippen molar-refractivity contribution in [3.05, 3.63) is 119 Å². The minimum Gasteiger partial charge on any atom is -0.457 e. The Morgan fingerprint density at radius 1 is 0.750 bits per heavy atom. The molecule has 3 heterocycles. The molecule has 4 aromatic carbocycles. The molecule has 1 aliphatic rings. The van der Waals surface area contributed by atoms with Gasteiger partial charge in [-0.1, -0.05) is 60.7 Å². The van der Waals surface area contributed by atoms with E-state index >= 15 is 0 Å². The SMILES string of the molecule is Cc1ncc(-c2cccc3c2sc2ccc(C4(C)c5ccccc5Oc5ccccc54)cc23)c(C)n1. The van der Waals surface area contributed by atoms with Crippen LogP contribution >= 0.6 is 11.3 Å². The van der Waals surface area contributed by atoms with Crippen LogP contribution in [0.1, 0.15) is 35.1 Å². The Hall–Kier alpha value is -4.02. The first-order chi connectivity index (χ1) is 17.5. The summed E-state index contributed by atoms with van der Waals surface area (Å²) in [5.74, 6) is 2.65.